The van der Waals surface area contributed by atoms with Gasteiger partial charge < -0.3 is 5.73 Å². The Morgan fingerprint density at radius 1 is 1.75 bits per heavy atom. The molecule has 1 aromatic heterocycles. The third kappa shape index (κ3) is 0.780. The fourth-order valence-corrected chi connectivity index (χ4v) is 0.426. The summed E-state index contributed by atoms with van der Waals surface area (Å²) in [5, 5.41) is 0. The van der Waals surface area contributed by atoms with Crippen molar-refractivity contribution in [2.45, 2.75) is 6.92 Å². The van der Waals surface area contributed by atoms with Crippen LogP contribution in [0.5, 0.6) is 0 Å². The molecular weight excluding hydrogens is 100 g/mol. The highest BCUT2D eigenvalue weighted by molar-refractivity contribution is 5.41. The highest BCUT2D eigenvalue weighted by Crippen LogP contribution is 2.03. The first-order chi connectivity index (χ1) is 3.80. The molecule has 0 aromatic carbocycles. The summed E-state index contributed by atoms with van der Waals surface area (Å²) in [6.07, 6.45) is 4.26. The highest BCUT2D eigenvalue weighted by Gasteiger charge is 1.86. The zero-order valence-corrected chi connectivity index (χ0v) is 4.68. The molecule has 0 aliphatic rings. The third-order valence-corrected chi connectivity index (χ3v) is 1.01. The quantitative estimate of drug-likeness (QED) is 0.532. The van der Waals surface area contributed by atoms with E-state index in [1.807, 2.05) is 6.92 Å². The largest absolute Gasteiger partial charge is 0.397 e. The van der Waals surface area contributed by atoms with Gasteiger partial charge in [-0.2, -0.15) is 0 Å². The third-order valence-electron chi connectivity index (χ3n) is 1.01. The predicted molar refractivity (Wildman–Crippen MR) is 32.2 cm³/mol. The molecule has 0 saturated heterocycles. The van der Waals surface area contributed by atoms with Crippen LogP contribution < -0.4 is 5.73 Å². The second kappa shape index (κ2) is 1.82. The summed E-state index contributed by atoms with van der Waals surface area (Å²) in [5.74, 6) is 0. The second-order valence-electron chi connectivity index (χ2n) is 1.67. The lowest BCUT2D eigenvalue weighted by Crippen LogP contribution is -1.88. The van der Waals surface area contributed by atoms with E-state index >= 15 is 0 Å². The summed E-state index contributed by atoms with van der Waals surface area (Å²) < 4.78 is 0. The van der Waals surface area contributed by atoms with E-state index in [-0.39, 0.29) is 0 Å². The molecular formula is C6H7N2. The zero-order valence-electron chi connectivity index (χ0n) is 4.68. The van der Waals surface area contributed by atoms with E-state index in [0.29, 0.717) is 0 Å². The summed E-state index contributed by atoms with van der Waals surface area (Å²) in [7, 11) is 0. The van der Waals surface area contributed by atoms with Crippen LogP contribution in [0.4, 0.5) is 5.69 Å². The molecule has 0 aliphatic heterocycles. The number of aromatic nitrogens is 1. The van der Waals surface area contributed by atoms with Gasteiger partial charge in [0.1, 0.15) is 0 Å². The van der Waals surface area contributed by atoms with Crippen LogP contribution in [0.2, 0.25) is 0 Å². The minimum Gasteiger partial charge on any atom is -0.397 e. The number of nitrogen functional groups attached to an aromatic ring is 1. The van der Waals surface area contributed by atoms with Crippen LogP contribution in [-0.4, -0.2) is 4.98 Å². The van der Waals surface area contributed by atoms with Gasteiger partial charge in [0, 0.05) is 0 Å². The molecule has 0 fully saturated rings. The van der Waals surface area contributed by atoms with Crippen LogP contribution in [0, 0.1) is 13.1 Å². The van der Waals surface area contributed by atoms with E-state index < -0.39 is 0 Å². The van der Waals surface area contributed by atoms with Crippen molar-refractivity contribution in [2.75, 3.05) is 5.73 Å². The molecule has 1 radical (unpaired) electrons. The first-order valence-electron chi connectivity index (χ1n) is 2.39. The van der Waals surface area contributed by atoms with Gasteiger partial charge in [-0.1, -0.05) is 0 Å². The molecule has 2 heteroatoms. The number of pyridine rings is 1. The maximum absolute atomic E-state index is 5.44. The molecule has 0 atom stereocenters. The van der Waals surface area contributed by atoms with Gasteiger partial charge in [0.2, 0.25) is 0 Å². The predicted octanol–water partition coefficient (Wildman–Crippen LogP) is 0.772. The number of nitrogens with zero attached hydrogens (tertiary/aromatic N) is 1. The molecule has 0 unspecified atom stereocenters. The molecule has 8 heavy (non-hydrogen) atoms. The van der Waals surface area contributed by atoms with E-state index in [4.69, 9.17) is 5.73 Å². The molecule has 0 amide bonds. The zero-order chi connectivity index (χ0) is 5.98. The van der Waals surface area contributed by atoms with Crippen LogP contribution in [0.3, 0.4) is 0 Å². The van der Waals surface area contributed by atoms with Crippen molar-refractivity contribution in [1.82, 2.24) is 4.98 Å². The maximum atomic E-state index is 5.44. The summed E-state index contributed by atoms with van der Waals surface area (Å²) in [5.41, 5.74) is 7.19. The molecule has 2 N–H and O–H groups in total. The molecule has 2 nitrogen and oxygen atoms in total. The van der Waals surface area contributed by atoms with Gasteiger partial charge in [-0.05, 0) is 18.6 Å². The average Bonchev–Trinajstić information content (AvgIpc) is 1.77. The number of rotatable bonds is 0. The minimum absolute atomic E-state index is 0.726. The van der Waals surface area contributed by atoms with E-state index in [0.717, 1.165) is 11.3 Å². The van der Waals surface area contributed by atoms with Gasteiger partial charge in [0.15, 0.2) is 0 Å². The van der Waals surface area contributed by atoms with Gasteiger partial charge in [0.25, 0.3) is 0 Å². The van der Waals surface area contributed by atoms with Gasteiger partial charge in [-0.15, -0.1) is 0 Å². The van der Waals surface area contributed by atoms with Crippen molar-refractivity contribution in [1.29, 1.82) is 0 Å². The summed E-state index contributed by atoms with van der Waals surface area (Å²) in [6.45, 7) is 1.92. The van der Waals surface area contributed by atoms with Crippen molar-refractivity contribution < 1.29 is 0 Å². The number of hydrogen-bond donors (Lipinski definition) is 1. The van der Waals surface area contributed by atoms with Crippen LogP contribution in [0.1, 0.15) is 5.56 Å². The van der Waals surface area contributed by atoms with E-state index in [1.165, 1.54) is 0 Å². The Bertz CT molecular complexity index is 163. The van der Waals surface area contributed by atoms with Crippen molar-refractivity contribution in [3.8, 4) is 0 Å². The standard InChI is InChI=1S/C6H7N2/c1-5-2-3-8-4-6(5)7/h2,4H,7H2,1H3. The van der Waals surface area contributed by atoms with E-state index in [2.05, 4.69) is 11.2 Å². The minimum atomic E-state index is 0.726. The van der Waals surface area contributed by atoms with Crippen LogP contribution >= 0.6 is 0 Å². The lowest BCUT2D eigenvalue weighted by Gasteiger charge is -1.92. The van der Waals surface area contributed by atoms with E-state index in [1.54, 1.807) is 12.3 Å². The highest BCUT2D eigenvalue weighted by atomic mass is 14.7. The molecule has 0 saturated carbocycles. The lowest BCUT2D eigenvalue weighted by atomic mass is 10.3. The van der Waals surface area contributed by atoms with Gasteiger partial charge in [-0.3, -0.25) is 4.98 Å². The normalized spacial score (nSPS) is 9.12. The lowest BCUT2D eigenvalue weighted by molar-refractivity contribution is 1.28. The molecule has 41 valence electrons. The molecule has 0 bridgehead atoms. The molecule has 0 spiro atoms. The average molecular weight is 107 g/mol. The summed E-state index contributed by atoms with van der Waals surface area (Å²) >= 11 is 0. The molecule has 1 aromatic rings. The topological polar surface area (TPSA) is 38.9 Å². The number of anilines is 1. The second-order valence-corrected chi connectivity index (χ2v) is 1.67. The van der Waals surface area contributed by atoms with Crippen molar-refractivity contribution in [3.05, 3.63) is 24.0 Å². The van der Waals surface area contributed by atoms with Crippen molar-refractivity contribution >= 4 is 5.69 Å². The Balaban J connectivity index is 3.13. The monoisotopic (exact) mass is 107 g/mol. The van der Waals surface area contributed by atoms with Crippen LogP contribution in [0.25, 0.3) is 0 Å². The van der Waals surface area contributed by atoms with Crippen molar-refractivity contribution in [2.24, 2.45) is 0 Å². The fourth-order valence-electron chi connectivity index (χ4n) is 0.426. The van der Waals surface area contributed by atoms with Crippen LogP contribution in [-0.2, 0) is 0 Å². The smallest absolute Gasteiger partial charge is 0.0890 e. The van der Waals surface area contributed by atoms with E-state index in [9.17, 15) is 0 Å². The summed E-state index contributed by atoms with van der Waals surface area (Å²) in [4.78, 5) is 3.70. The summed E-state index contributed by atoms with van der Waals surface area (Å²) in [6, 6.07) is 1.76. The number of aryl methyl sites for hydroxylation is 1. The molecule has 1 heterocycles. The Hall–Kier alpha value is -1.05. The fraction of sp³-hybridized carbons (Fsp3) is 0.167. The van der Waals surface area contributed by atoms with Crippen LogP contribution in [0.15, 0.2) is 12.3 Å². The Morgan fingerprint density at radius 3 is 2.88 bits per heavy atom. The Kier molecular flexibility index (Phi) is 1.16. The first-order valence-corrected chi connectivity index (χ1v) is 2.39. The maximum Gasteiger partial charge on any atom is 0.0890 e. The molecule has 0 aliphatic carbocycles. The van der Waals surface area contributed by atoms with Crippen molar-refractivity contribution in [3.63, 3.8) is 0 Å². The molecule has 1 rings (SSSR count). The van der Waals surface area contributed by atoms with Gasteiger partial charge in [0.05, 0.1) is 18.1 Å². The first kappa shape index (κ1) is 5.09. The number of hydrogen-bond acceptors (Lipinski definition) is 2. The van der Waals surface area contributed by atoms with Gasteiger partial charge >= 0.3 is 0 Å². The Labute approximate surface area is 48.4 Å². The number of nitrogens with two attached hydrogens (primary N) is 1. The Morgan fingerprint density at radius 2 is 2.50 bits per heavy atom. The SMILES string of the molecule is Cc1c[c]ncc1N. The van der Waals surface area contributed by atoms with Gasteiger partial charge in [-0.25, -0.2) is 0 Å².